The van der Waals surface area contributed by atoms with E-state index in [9.17, 15) is 4.79 Å². The third kappa shape index (κ3) is 3.83. The summed E-state index contributed by atoms with van der Waals surface area (Å²) in [6, 6.07) is 14.4. The van der Waals surface area contributed by atoms with Crippen molar-refractivity contribution in [2.24, 2.45) is 0 Å². The van der Waals surface area contributed by atoms with E-state index >= 15 is 0 Å². The largest absolute Gasteiger partial charge is 0.478 e. The van der Waals surface area contributed by atoms with E-state index in [4.69, 9.17) is 15.6 Å². The second kappa shape index (κ2) is 6.73. The number of para-hydroxylation sites is 1. The molecule has 0 amide bonds. The molecule has 2 rings (SSSR count). The van der Waals surface area contributed by atoms with Crippen LogP contribution in [0.2, 0.25) is 0 Å². The van der Waals surface area contributed by atoms with Crippen LogP contribution in [0.25, 0.3) is 0 Å². The lowest BCUT2D eigenvalue weighted by Crippen LogP contribution is -2.02. The molecule has 20 heavy (non-hydrogen) atoms. The van der Waals surface area contributed by atoms with E-state index in [-0.39, 0.29) is 5.56 Å². The molecule has 0 saturated carbocycles. The first-order valence-corrected chi connectivity index (χ1v) is 6.40. The number of hydrogen-bond donors (Lipinski definition) is 2. The van der Waals surface area contributed by atoms with E-state index in [1.54, 1.807) is 24.3 Å². The fraction of sp³-hybridized carbons (Fsp3) is 0.188. The van der Waals surface area contributed by atoms with Crippen molar-refractivity contribution in [2.75, 3.05) is 12.3 Å². The molecule has 4 heteroatoms. The van der Waals surface area contributed by atoms with Gasteiger partial charge in [-0.2, -0.15) is 0 Å². The van der Waals surface area contributed by atoms with Crippen LogP contribution in [0.1, 0.15) is 21.5 Å². The molecule has 2 aromatic rings. The molecule has 3 N–H and O–H groups in total. The maximum Gasteiger partial charge on any atom is 0.335 e. The van der Waals surface area contributed by atoms with Crippen LogP contribution in [-0.4, -0.2) is 17.7 Å². The quantitative estimate of drug-likeness (QED) is 0.626. The first kappa shape index (κ1) is 14.1. The average molecular weight is 271 g/mol. The van der Waals surface area contributed by atoms with Crippen molar-refractivity contribution < 1.29 is 14.6 Å². The van der Waals surface area contributed by atoms with Gasteiger partial charge in [-0.3, -0.25) is 0 Å². The number of anilines is 1. The minimum Gasteiger partial charge on any atom is -0.478 e. The van der Waals surface area contributed by atoms with Gasteiger partial charge in [0.15, 0.2) is 0 Å². The fourth-order valence-corrected chi connectivity index (χ4v) is 1.88. The SMILES string of the molecule is Nc1ccccc1CCOCc1ccc(C(=O)O)cc1. The number of nitrogen functional groups attached to an aromatic ring is 1. The summed E-state index contributed by atoms with van der Waals surface area (Å²) < 4.78 is 5.58. The zero-order valence-corrected chi connectivity index (χ0v) is 11.1. The molecule has 0 bridgehead atoms. The number of carboxylic acid groups (broad SMARTS) is 1. The standard InChI is InChI=1S/C16H17NO3/c17-15-4-2-1-3-13(15)9-10-20-11-12-5-7-14(8-6-12)16(18)19/h1-8H,9-11,17H2,(H,18,19). The number of carbonyl (C=O) groups is 1. The van der Waals surface area contributed by atoms with Crippen molar-refractivity contribution in [2.45, 2.75) is 13.0 Å². The number of rotatable bonds is 6. The Balaban J connectivity index is 1.79. The summed E-state index contributed by atoms with van der Waals surface area (Å²) in [4.78, 5) is 10.7. The topological polar surface area (TPSA) is 72.5 Å². The molecular formula is C16H17NO3. The molecule has 0 heterocycles. The number of hydrogen-bond acceptors (Lipinski definition) is 3. The van der Waals surface area contributed by atoms with Crippen LogP contribution in [0.15, 0.2) is 48.5 Å². The average Bonchev–Trinajstić information content (AvgIpc) is 2.46. The first-order valence-electron chi connectivity index (χ1n) is 6.40. The normalized spacial score (nSPS) is 10.4. The van der Waals surface area contributed by atoms with Gasteiger partial charge in [0.2, 0.25) is 0 Å². The molecule has 2 aromatic carbocycles. The van der Waals surface area contributed by atoms with E-state index in [0.717, 1.165) is 23.2 Å². The summed E-state index contributed by atoms with van der Waals surface area (Å²) in [5.74, 6) is -0.919. The summed E-state index contributed by atoms with van der Waals surface area (Å²) in [5.41, 5.74) is 8.94. The van der Waals surface area contributed by atoms with E-state index < -0.39 is 5.97 Å². The Morgan fingerprint density at radius 1 is 1.10 bits per heavy atom. The van der Waals surface area contributed by atoms with Crippen LogP contribution in [0.3, 0.4) is 0 Å². The zero-order valence-electron chi connectivity index (χ0n) is 11.1. The maximum atomic E-state index is 10.7. The van der Waals surface area contributed by atoms with Gasteiger partial charge in [0.05, 0.1) is 18.8 Å². The fourth-order valence-electron chi connectivity index (χ4n) is 1.88. The van der Waals surface area contributed by atoms with Crippen LogP contribution in [0.4, 0.5) is 5.69 Å². The minimum atomic E-state index is -0.919. The number of aromatic carboxylic acids is 1. The Morgan fingerprint density at radius 2 is 1.80 bits per heavy atom. The third-order valence-electron chi connectivity index (χ3n) is 3.04. The Labute approximate surface area is 117 Å². The molecule has 0 unspecified atom stereocenters. The Morgan fingerprint density at radius 3 is 2.45 bits per heavy atom. The number of ether oxygens (including phenoxy) is 1. The highest BCUT2D eigenvalue weighted by atomic mass is 16.5. The zero-order chi connectivity index (χ0) is 14.4. The van der Waals surface area contributed by atoms with E-state index in [0.29, 0.717) is 13.2 Å². The van der Waals surface area contributed by atoms with E-state index in [1.807, 2.05) is 24.3 Å². The van der Waals surface area contributed by atoms with Crippen LogP contribution in [-0.2, 0) is 17.8 Å². The maximum absolute atomic E-state index is 10.7. The van der Waals surface area contributed by atoms with Crippen molar-refractivity contribution in [1.29, 1.82) is 0 Å². The van der Waals surface area contributed by atoms with Crippen LogP contribution >= 0.6 is 0 Å². The van der Waals surface area contributed by atoms with Crippen molar-refractivity contribution in [1.82, 2.24) is 0 Å². The lowest BCUT2D eigenvalue weighted by Gasteiger charge is -2.07. The van der Waals surface area contributed by atoms with E-state index in [1.165, 1.54) is 0 Å². The summed E-state index contributed by atoms with van der Waals surface area (Å²) in [7, 11) is 0. The highest BCUT2D eigenvalue weighted by Gasteiger charge is 2.02. The van der Waals surface area contributed by atoms with Gasteiger partial charge in [-0.05, 0) is 35.7 Å². The smallest absolute Gasteiger partial charge is 0.335 e. The van der Waals surface area contributed by atoms with Crippen molar-refractivity contribution in [3.8, 4) is 0 Å². The molecule has 0 aliphatic heterocycles. The predicted molar refractivity (Wildman–Crippen MR) is 77.6 cm³/mol. The summed E-state index contributed by atoms with van der Waals surface area (Å²) in [6.45, 7) is 1.04. The van der Waals surface area contributed by atoms with E-state index in [2.05, 4.69) is 0 Å². The van der Waals surface area contributed by atoms with Crippen molar-refractivity contribution >= 4 is 11.7 Å². The molecule has 0 aromatic heterocycles. The lowest BCUT2D eigenvalue weighted by atomic mass is 10.1. The van der Waals surface area contributed by atoms with Crippen molar-refractivity contribution in [3.63, 3.8) is 0 Å². The molecule has 0 radical (unpaired) electrons. The van der Waals surface area contributed by atoms with Gasteiger partial charge in [-0.25, -0.2) is 4.79 Å². The number of carboxylic acids is 1. The summed E-state index contributed by atoms with van der Waals surface area (Å²) in [6.07, 6.45) is 0.764. The van der Waals surface area contributed by atoms with Gasteiger partial charge < -0.3 is 15.6 Å². The molecule has 0 saturated heterocycles. The minimum absolute atomic E-state index is 0.283. The Hall–Kier alpha value is -2.33. The Kier molecular flexibility index (Phi) is 4.74. The van der Waals surface area contributed by atoms with Gasteiger partial charge in [0.25, 0.3) is 0 Å². The molecule has 0 aliphatic rings. The molecule has 4 nitrogen and oxygen atoms in total. The number of benzene rings is 2. The Bertz CT molecular complexity index is 579. The summed E-state index contributed by atoms with van der Waals surface area (Å²) >= 11 is 0. The van der Waals surface area contributed by atoms with Gasteiger partial charge >= 0.3 is 5.97 Å². The molecular weight excluding hydrogens is 254 g/mol. The highest BCUT2D eigenvalue weighted by Crippen LogP contribution is 2.12. The monoisotopic (exact) mass is 271 g/mol. The molecule has 104 valence electrons. The molecule has 0 fully saturated rings. The van der Waals surface area contributed by atoms with Gasteiger partial charge in [-0.1, -0.05) is 30.3 Å². The molecule has 0 atom stereocenters. The lowest BCUT2D eigenvalue weighted by molar-refractivity contribution is 0.0696. The molecule has 0 aliphatic carbocycles. The first-order chi connectivity index (χ1) is 9.66. The second-order valence-electron chi connectivity index (χ2n) is 4.50. The van der Waals surface area contributed by atoms with Crippen LogP contribution in [0.5, 0.6) is 0 Å². The highest BCUT2D eigenvalue weighted by molar-refractivity contribution is 5.87. The van der Waals surface area contributed by atoms with Gasteiger partial charge in [0.1, 0.15) is 0 Å². The van der Waals surface area contributed by atoms with Crippen LogP contribution in [0, 0.1) is 0 Å². The third-order valence-corrected chi connectivity index (χ3v) is 3.04. The van der Waals surface area contributed by atoms with Gasteiger partial charge in [-0.15, -0.1) is 0 Å². The predicted octanol–water partition coefficient (Wildman–Crippen LogP) is 2.73. The van der Waals surface area contributed by atoms with Gasteiger partial charge in [0, 0.05) is 5.69 Å². The second-order valence-corrected chi connectivity index (χ2v) is 4.50. The summed E-state index contributed by atoms with van der Waals surface area (Å²) in [5, 5.41) is 8.80. The van der Waals surface area contributed by atoms with Crippen LogP contribution < -0.4 is 5.73 Å². The number of nitrogens with two attached hydrogens (primary N) is 1. The molecule has 0 spiro atoms. The van der Waals surface area contributed by atoms with Crippen molar-refractivity contribution in [3.05, 3.63) is 65.2 Å².